The van der Waals surface area contributed by atoms with E-state index in [4.69, 9.17) is 0 Å². The van der Waals surface area contributed by atoms with E-state index in [1.54, 1.807) is 6.07 Å². The van der Waals surface area contributed by atoms with Crippen LogP contribution >= 0.6 is 0 Å². The van der Waals surface area contributed by atoms with Gasteiger partial charge >= 0.3 is 0 Å². The van der Waals surface area contributed by atoms with Crippen molar-refractivity contribution in [2.45, 2.75) is 64.7 Å². The molecule has 0 nitrogen and oxygen atoms in total. The molecule has 0 unspecified atom stereocenters. The zero-order chi connectivity index (χ0) is 16.5. The van der Waals surface area contributed by atoms with Gasteiger partial charge in [0.2, 0.25) is 0 Å². The van der Waals surface area contributed by atoms with Gasteiger partial charge in [-0.25, -0.2) is 4.39 Å². The maximum atomic E-state index is 13.0. The lowest BCUT2D eigenvalue weighted by Gasteiger charge is -2.13. The number of allylic oxidation sites excluding steroid dienone is 6. The van der Waals surface area contributed by atoms with Gasteiger partial charge in [-0.1, -0.05) is 73.3 Å². The van der Waals surface area contributed by atoms with E-state index in [0.29, 0.717) is 5.92 Å². The Bertz CT molecular complexity index is 569. The first-order valence-corrected chi connectivity index (χ1v) is 8.91. The minimum Gasteiger partial charge on any atom is -0.207 e. The van der Waals surface area contributed by atoms with Crippen molar-refractivity contribution in [2.24, 2.45) is 0 Å². The number of halogens is 1. The highest BCUT2D eigenvalue weighted by Crippen LogP contribution is 2.31. The van der Waals surface area contributed by atoms with Gasteiger partial charge in [0.05, 0.1) is 0 Å². The molecule has 0 aromatic heterocycles. The highest BCUT2D eigenvalue weighted by atomic mass is 19.1. The standard InChI is InChI=1S/C13H17F.C9H12/c14-13-9-5-8-12(10-13)11-6-3-1-2-4-7-11;1-8-5-3-4-6-9(2)7-8/h5,8-11H,1-4,6-7H2;3-5,7H,6H2,1-2H3. The Labute approximate surface area is 140 Å². The highest BCUT2D eigenvalue weighted by molar-refractivity contribution is 5.29. The van der Waals surface area contributed by atoms with Crippen LogP contribution in [-0.4, -0.2) is 0 Å². The van der Waals surface area contributed by atoms with Crippen LogP contribution in [0.3, 0.4) is 0 Å². The number of hydrogen-bond donors (Lipinski definition) is 0. The monoisotopic (exact) mass is 312 g/mol. The van der Waals surface area contributed by atoms with Crippen LogP contribution in [0.1, 0.15) is 70.3 Å². The number of rotatable bonds is 1. The van der Waals surface area contributed by atoms with E-state index in [-0.39, 0.29) is 5.82 Å². The first kappa shape index (κ1) is 17.7. The van der Waals surface area contributed by atoms with Crippen LogP contribution in [0.5, 0.6) is 0 Å². The molecule has 3 rings (SSSR count). The van der Waals surface area contributed by atoms with Gasteiger partial charge in [0.1, 0.15) is 5.82 Å². The highest BCUT2D eigenvalue weighted by Gasteiger charge is 2.14. The van der Waals surface area contributed by atoms with Crippen molar-refractivity contribution < 1.29 is 4.39 Å². The van der Waals surface area contributed by atoms with Crippen LogP contribution in [0, 0.1) is 5.82 Å². The molecule has 1 aromatic rings. The fourth-order valence-electron chi connectivity index (χ4n) is 3.34. The third-order valence-corrected chi connectivity index (χ3v) is 4.58. The van der Waals surface area contributed by atoms with Crippen LogP contribution in [-0.2, 0) is 0 Å². The van der Waals surface area contributed by atoms with Gasteiger partial charge < -0.3 is 0 Å². The second kappa shape index (κ2) is 9.50. The molecular weight excluding hydrogens is 283 g/mol. The molecule has 2 aliphatic rings. The molecule has 124 valence electrons. The lowest BCUT2D eigenvalue weighted by atomic mass is 9.92. The third kappa shape index (κ3) is 6.56. The summed E-state index contributed by atoms with van der Waals surface area (Å²) in [5, 5.41) is 0. The van der Waals surface area contributed by atoms with E-state index < -0.39 is 0 Å². The van der Waals surface area contributed by atoms with Crippen molar-refractivity contribution in [2.75, 3.05) is 0 Å². The van der Waals surface area contributed by atoms with Gasteiger partial charge in [0, 0.05) is 0 Å². The van der Waals surface area contributed by atoms with Gasteiger partial charge in [-0.15, -0.1) is 0 Å². The van der Waals surface area contributed by atoms with Crippen LogP contribution in [0.4, 0.5) is 4.39 Å². The molecule has 1 aromatic carbocycles. The van der Waals surface area contributed by atoms with Crippen LogP contribution < -0.4 is 0 Å². The van der Waals surface area contributed by atoms with Crippen LogP contribution in [0.25, 0.3) is 0 Å². The topological polar surface area (TPSA) is 0 Å². The SMILES string of the molecule is CC1=CC=CCC(C)=C1.Fc1cccc(C2CCCCCC2)c1. The zero-order valence-corrected chi connectivity index (χ0v) is 14.5. The summed E-state index contributed by atoms with van der Waals surface area (Å²) in [6, 6.07) is 7.13. The summed E-state index contributed by atoms with van der Waals surface area (Å²) in [7, 11) is 0. The minimum absolute atomic E-state index is 0.0910. The van der Waals surface area contributed by atoms with E-state index in [2.05, 4.69) is 44.2 Å². The summed E-state index contributed by atoms with van der Waals surface area (Å²) >= 11 is 0. The third-order valence-electron chi connectivity index (χ3n) is 4.58. The molecule has 1 fully saturated rings. The average Bonchev–Trinajstić information content (AvgIpc) is 2.90. The molecule has 0 radical (unpaired) electrons. The minimum atomic E-state index is -0.0910. The smallest absolute Gasteiger partial charge is 0.123 e. The molecule has 2 aliphatic carbocycles. The Morgan fingerprint density at radius 1 is 1.00 bits per heavy atom. The maximum absolute atomic E-state index is 13.0. The van der Waals surface area contributed by atoms with E-state index in [1.807, 2.05) is 6.07 Å². The molecule has 0 N–H and O–H groups in total. The molecule has 1 saturated carbocycles. The molecule has 23 heavy (non-hydrogen) atoms. The zero-order valence-electron chi connectivity index (χ0n) is 14.5. The first-order chi connectivity index (χ1) is 11.1. The van der Waals surface area contributed by atoms with Crippen molar-refractivity contribution in [1.82, 2.24) is 0 Å². The molecule has 0 bridgehead atoms. The van der Waals surface area contributed by atoms with Gasteiger partial charge in [-0.2, -0.15) is 0 Å². The second-order valence-electron chi connectivity index (χ2n) is 6.78. The van der Waals surface area contributed by atoms with Crippen LogP contribution in [0.15, 0.2) is 59.7 Å². The predicted molar refractivity (Wildman–Crippen MR) is 98.1 cm³/mol. The molecule has 0 atom stereocenters. The predicted octanol–water partition coefficient (Wildman–Crippen LogP) is 7.10. The summed E-state index contributed by atoms with van der Waals surface area (Å²) in [6.07, 6.45) is 17.6. The van der Waals surface area contributed by atoms with E-state index in [9.17, 15) is 4.39 Å². The van der Waals surface area contributed by atoms with Crippen LogP contribution in [0.2, 0.25) is 0 Å². The molecule has 0 spiro atoms. The van der Waals surface area contributed by atoms with E-state index >= 15 is 0 Å². The fourth-order valence-corrected chi connectivity index (χ4v) is 3.34. The van der Waals surface area contributed by atoms with Crippen molar-refractivity contribution in [3.63, 3.8) is 0 Å². The number of hydrogen-bond acceptors (Lipinski definition) is 0. The average molecular weight is 312 g/mol. The Balaban J connectivity index is 0.000000185. The Hall–Kier alpha value is -1.63. The van der Waals surface area contributed by atoms with Gasteiger partial charge in [0.15, 0.2) is 0 Å². The first-order valence-electron chi connectivity index (χ1n) is 8.91. The molecule has 1 heteroatoms. The second-order valence-corrected chi connectivity index (χ2v) is 6.78. The lowest BCUT2D eigenvalue weighted by Crippen LogP contribution is -1.97. The van der Waals surface area contributed by atoms with Crippen molar-refractivity contribution >= 4 is 0 Å². The molecule has 0 amide bonds. The summed E-state index contributed by atoms with van der Waals surface area (Å²) in [5.74, 6) is 0.514. The quantitative estimate of drug-likeness (QED) is 0.485. The van der Waals surface area contributed by atoms with E-state index in [1.165, 1.54) is 61.3 Å². The van der Waals surface area contributed by atoms with Gasteiger partial charge in [0.25, 0.3) is 0 Å². The van der Waals surface area contributed by atoms with Crippen molar-refractivity contribution in [3.05, 3.63) is 71.1 Å². The Morgan fingerprint density at radius 3 is 2.43 bits per heavy atom. The van der Waals surface area contributed by atoms with Crippen molar-refractivity contribution in [3.8, 4) is 0 Å². The molecule has 0 aliphatic heterocycles. The summed E-state index contributed by atoms with van der Waals surface area (Å²) in [5.41, 5.74) is 3.99. The Kier molecular flexibility index (Phi) is 7.32. The molecular formula is C22H29F. The van der Waals surface area contributed by atoms with Gasteiger partial charge in [-0.3, -0.25) is 0 Å². The van der Waals surface area contributed by atoms with E-state index in [0.717, 1.165) is 6.42 Å². The summed E-state index contributed by atoms with van der Waals surface area (Å²) < 4.78 is 13.0. The Morgan fingerprint density at radius 2 is 1.74 bits per heavy atom. The largest absolute Gasteiger partial charge is 0.207 e. The lowest BCUT2D eigenvalue weighted by molar-refractivity contribution is 0.579. The van der Waals surface area contributed by atoms with Crippen molar-refractivity contribution in [1.29, 1.82) is 0 Å². The molecule has 0 heterocycles. The number of benzene rings is 1. The normalized spacial score (nSPS) is 18.9. The summed E-state index contributed by atoms with van der Waals surface area (Å²) in [4.78, 5) is 0. The maximum Gasteiger partial charge on any atom is 0.123 e. The van der Waals surface area contributed by atoms with Gasteiger partial charge in [-0.05, 0) is 56.7 Å². The fraction of sp³-hybridized carbons (Fsp3) is 0.455. The summed E-state index contributed by atoms with van der Waals surface area (Å²) in [6.45, 7) is 4.28. The molecule has 0 saturated heterocycles.